The van der Waals surface area contributed by atoms with Crippen LogP contribution in [-0.4, -0.2) is 0 Å². The maximum absolute atomic E-state index is 6.74. The van der Waals surface area contributed by atoms with E-state index in [0.717, 1.165) is 9.90 Å². The van der Waals surface area contributed by atoms with E-state index in [1.165, 1.54) is 11.3 Å². The molecule has 0 saturated heterocycles. The molecule has 0 aliphatic carbocycles. The Balaban J connectivity index is 2.87. The molecule has 1 rings (SSSR count). The summed E-state index contributed by atoms with van der Waals surface area (Å²) in [6, 6.07) is 1.80. The second-order valence-electron chi connectivity index (χ2n) is 1.97. The van der Waals surface area contributed by atoms with Gasteiger partial charge >= 0.3 is 0 Å². The second kappa shape index (κ2) is 3.05. The van der Waals surface area contributed by atoms with Crippen LogP contribution in [0.15, 0.2) is 11.4 Å². The topological polar surface area (TPSA) is 4.36 Å². The first-order chi connectivity index (χ1) is 4.74. The third kappa shape index (κ3) is 1.50. The minimum Gasteiger partial charge on any atom is -0.308 e. The molecule has 1 unspecified atom stereocenters. The normalized spacial score (nSPS) is 12.5. The average Bonchev–Trinajstić information content (AvgIpc) is 2.34. The van der Waals surface area contributed by atoms with E-state index >= 15 is 0 Å². The first-order valence-electron chi connectivity index (χ1n) is 2.84. The molecule has 1 nitrogen and oxygen atoms in total. The van der Waals surface area contributed by atoms with Gasteiger partial charge in [0.2, 0.25) is 0 Å². The molecule has 1 aromatic heterocycles. The molecule has 0 aliphatic heterocycles. The summed E-state index contributed by atoms with van der Waals surface area (Å²) >= 11 is 7.21. The molecule has 1 heterocycles. The number of hydrogen-bond acceptors (Lipinski definition) is 1. The number of nitrogens with zero attached hydrogens (tertiary/aromatic N) is 1. The molecule has 0 aromatic carbocycles. The van der Waals surface area contributed by atoms with Gasteiger partial charge in [-0.2, -0.15) is 0 Å². The Hall–Kier alpha value is -0.520. The molecule has 0 spiro atoms. The highest BCUT2D eigenvalue weighted by Gasteiger charge is 2.09. The number of rotatable bonds is 1. The largest absolute Gasteiger partial charge is 0.308 e. The van der Waals surface area contributed by atoms with Gasteiger partial charge in [0.15, 0.2) is 0 Å². The third-order valence-corrected chi connectivity index (χ3v) is 2.64. The van der Waals surface area contributed by atoms with Crippen molar-refractivity contribution < 1.29 is 0 Å². The van der Waals surface area contributed by atoms with Crippen molar-refractivity contribution in [3.05, 3.63) is 32.8 Å². The van der Waals surface area contributed by atoms with Gasteiger partial charge in [-0.25, -0.2) is 6.57 Å². The van der Waals surface area contributed by atoms with Crippen LogP contribution in [0.3, 0.4) is 0 Å². The van der Waals surface area contributed by atoms with Gasteiger partial charge in [-0.1, -0.05) is 11.6 Å². The van der Waals surface area contributed by atoms with E-state index in [2.05, 4.69) is 4.85 Å². The summed E-state index contributed by atoms with van der Waals surface area (Å²) in [6.45, 7) is 8.61. The summed E-state index contributed by atoms with van der Waals surface area (Å²) in [5.74, 6) is 0. The first kappa shape index (κ1) is 7.59. The monoisotopic (exact) mass is 171 g/mol. The molecule has 1 atom stereocenters. The zero-order valence-corrected chi connectivity index (χ0v) is 7.04. The highest BCUT2D eigenvalue weighted by Crippen LogP contribution is 2.26. The quantitative estimate of drug-likeness (QED) is 0.571. The highest BCUT2D eigenvalue weighted by molar-refractivity contribution is 7.10. The summed E-state index contributed by atoms with van der Waals surface area (Å²) in [7, 11) is 0. The SMILES string of the molecule is [C-]#[N+]C(C)c1cc(Cl)cs1. The lowest BCUT2D eigenvalue weighted by Gasteiger charge is -1.89. The van der Waals surface area contributed by atoms with Crippen molar-refractivity contribution in [2.45, 2.75) is 13.0 Å². The van der Waals surface area contributed by atoms with Crippen LogP contribution >= 0.6 is 22.9 Å². The standard InChI is InChI=1S/C7H6ClNS/c1-5(9-2)7-3-6(8)4-10-7/h3-5H,1H3. The fourth-order valence-corrected chi connectivity index (χ4v) is 1.69. The van der Waals surface area contributed by atoms with E-state index in [-0.39, 0.29) is 6.04 Å². The smallest absolute Gasteiger partial charge is 0.255 e. The predicted octanol–water partition coefficient (Wildman–Crippen LogP) is 3.38. The fraction of sp³-hybridized carbons (Fsp3) is 0.286. The molecular formula is C7H6ClNS. The molecule has 10 heavy (non-hydrogen) atoms. The number of hydrogen-bond donors (Lipinski definition) is 0. The summed E-state index contributed by atoms with van der Waals surface area (Å²) in [5, 5.41) is 2.58. The van der Waals surface area contributed by atoms with Crippen LogP contribution in [0.4, 0.5) is 0 Å². The van der Waals surface area contributed by atoms with E-state index in [4.69, 9.17) is 18.2 Å². The van der Waals surface area contributed by atoms with Crippen molar-refractivity contribution >= 4 is 22.9 Å². The van der Waals surface area contributed by atoms with Crippen LogP contribution < -0.4 is 0 Å². The van der Waals surface area contributed by atoms with Crippen LogP contribution in [0.2, 0.25) is 5.02 Å². The van der Waals surface area contributed by atoms with Gasteiger partial charge in [0, 0.05) is 12.3 Å². The molecule has 0 aliphatic rings. The van der Waals surface area contributed by atoms with Crippen molar-refractivity contribution in [2.75, 3.05) is 0 Å². The van der Waals surface area contributed by atoms with Gasteiger partial charge in [-0.3, -0.25) is 0 Å². The van der Waals surface area contributed by atoms with E-state index in [0.29, 0.717) is 0 Å². The zero-order chi connectivity index (χ0) is 7.56. The highest BCUT2D eigenvalue weighted by atomic mass is 35.5. The second-order valence-corrected chi connectivity index (χ2v) is 3.35. The summed E-state index contributed by atoms with van der Waals surface area (Å²) in [6.07, 6.45) is 0. The van der Waals surface area contributed by atoms with Gasteiger partial charge in [-0.15, -0.1) is 11.3 Å². The molecule has 0 fully saturated rings. The molecule has 0 bridgehead atoms. The Morgan fingerprint density at radius 1 is 1.80 bits per heavy atom. The van der Waals surface area contributed by atoms with Gasteiger partial charge < -0.3 is 4.85 Å². The lowest BCUT2D eigenvalue weighted by atomic mass is 10.3. The lowest BCUT2D eigenvalue weighted by molar-refractivity contribution is 0.991. The lowest BCUT2D eigenvalue weighted by Crippen LogP contribution is -1.77. The molecule has 0 saturated carbocycles. The Morgan fingerprint density at radius 3 is 2.90 bits per heavy atom. The van der Waals surface area contributed by atoms with Gasteiger partial charge in [0.05, 0.1) is 9.90 Å². The van der Waals surface area contributed by atoms with E-state index in [9.17, 15) is 0 Å². The van der Waals surface area contributed by atoms with Crippen LogP contribution in [0.5, 0.6) is 0 Å². The minimum absolute atomic E-state index is 0.0440. The van der Waals surface area contributed by atoms with Crippen molar-refractivity contribution in [3.63, 3.8) is 0 Å². The number of thiophene rings is 1. The average molecular weight is 172 g/mol. The summed E-state index contributed by atoms with van der Waals surface area (Å²) < 4.78 is 0. The van der Waals surface area contributed by atoms with Crippen molar-refractivity contribution in [1.82, 2.24) is 0 Å². The fourth-order valence-electron chi connectivity index (χ4n) is 0.611. The van der Waals surface area contributed by atoms with E-state index in [1.54, 1.807) is 0 Å². The maximum atomic E-state index is 6.74. The summed E-state index contributed by atoms with van der Waals surface area (Å²) in [4.78, 5) is 4.42. The van der Waals surface area contributed by atoms with E-state index in [1.807, 2.05) is 18.4 Å². The van der Waals surface area contributed by atoms with Crippen LogP contribution in [0, 0.1) is 6.57 Å². The van der Waals surface area contributed by atoms with Crippen molar-refractivity contribution in [3.8, 4) is 0 Å². The Bertz CT molecular complexity index is 261. The van der Waals surface area contributed by atoms with Crippen LogP contribution in [-0.2, 0) is 0 Å². The van der Waals surface area contributed by atoms with E-state index < -0.39 is 0 Å². The third-order valence-electron chi connectivity index (χ3n) is 1.19. The molecule has 1 aromatic rings. The molecule has 0 amide bonds. The van der Waals surface area contributed by atoms with Crippen molar-refractivity contribution in [1.29, 1.82) is 0 Å². The van der Waals surface area contributed by atoms with Gasteiger partial charge in [-0.05, 0) is 6.07 Å². The van der Waals surface area contributed by atoms with Gasteiger partial charge in [0.1, 0.15) is 0 Å². The van der Waals surface area contributed by atoms with Crippen LogP contribution in [0.1, 0.15) is 17.8 Å². The summed E-state index contributed by atoms with van der Waals surface area (Å²) in [5.41, 5.74) is 0. The maximum Gasteiger partial charge on any atom is 0.255 e. The number of halogens is 1. The molecule has 3 heteroatoms. The Kier molecular flexibility index (Phi) is 2.31. The molecule has 0 radical (unpaired) electrons. The first-order valence-corrected chi connectivity index (χ1v) is 4.10. The minimum atomic E-state index is -0.0440. The van der Waals surface area contributed by atoms with Crippen LogP contribution in [0.25, 0.3) is 4.85 Å². The van der Waals surface area contributed by atoms with Gasteiger partial charge in [0.25, 0.3) is 6.04 Å². The molecular weight excluding hydrogens is 166 g/mol. The Labute approximate surface area is 69.1 Å². The Morgan fingerprint density at radius 2 is 2.50 bits per heavy atom. The molecule has 52 valence electrons. The zero-order valence-electron chi connectivity index (χ0n) is 5.47. The molecule has 0 N–H and O–H groups in total. The predicted molar refractivity (Wildman–Crippen MR) is 44.3 cm³/mol. The van der Waals surface area contributed by atoms with Crippen molar-refractivity contribution in [2.24, 2.45) is 0 Å².